The fourth-order valence-electron chi connectivity index (χ4n) is 3.04. The molecular formula is C23H22O5. The van der Waals surface area contributed by atoms with Crippen molar-refractivity contribution in [1.29, 1.82) is 0 Å². The van der Waals surface area contributed by atoms with Crippen molar-refractivity contribution in [2.75, 3.05) is 7.11 Å². The standard InChI is InChI=1S/C23H22O5/c1-14(2)8-9-19-21(27-15(3)24)11-10-18-20(13-22(25)28-23(18)19)16-6-5-7-17(12-16)26-4/h5-8,10-13H,9H2,1-4H3. The maximum atomic E-state index is 12.3. The molecule has 0 aliphatic heterocycles. The summed E-state index contributed by atoms with van der Waals surface area (Å²) in [5.41, 5.74) is 3.29. The molecule has 1 aromatic heterocycles. The number of esters is 1. The predicted octanol–water partition coefficient (Wildman–Crippen LogP) is 4.90. The minimum Gasteiger partial charge on any atom is -0.497 e. The van der Waals surface area contributed by atoms with Crippen LogP contribution >= 0.6 is 0 Å². The highest BCUT2D eigenvalue weighted by Crippen LogP contribution is 2.35. The van der Waals surface area contributed by atoms with Gasteiger partial charge in [0.05, 0.1) is 7.11 Å². The Morgan fingerprint density at radius 1 is 1.11 bits per heavy atom. The number of rotatable bonds is 5. The van der Waals surface area contributed by atoms with Gasteiger partial charge in [-0.1, -0.05) is 23.8 Å². The minimum absolute atomic E-state index is 0.392. The van der Waals surface area contributed by atoms with Crippen molar-refractivity contribution in [3.8, 4) is 22.6 Å². The maximum absolute atomic E-state index is 12.3. The number of allylic oxidation sites excluding steroid dienone is 2. The zero-order chi connectivity index (χ0) is 20.3. The zero-order valence-electron chi connectivity index (χ0n) is 16.4. The Labute approximate surface area is 163 Å². The van der Waals surface area contributed by atoms with Crippen LogP contribution < -0.4 is 15.1 Å². The molecule has 3 aromatic rings. The van der Waals surface area contributed by atoms with Gasteiger partial charge in [0.2, 0.25) is 0 Å². The van der Waals surface area contributed by atoms with E-state index in [0.717, 1.165) is 22.1 Å². The van der Waals surface area contributed by atoms with Crippen LogP contribution in [0.3, 0.4) is 0 Å². The van der Waals surface area contributed by atoms with Crippen LogP contribution in [0.5, 0.6) is 11.5 Å². The highest BCUT2D eigenvalue weighted by atomic mass is 16.5. The smallest absolute Gasteiger partial charge is 0.336 e. The third kappa shape index (κ3) is 4.14. The average Bonchev–Trinajstić information content (AvgIpc) is 2.65. The molecule has 0 bridgehead atoms. The Kier molecular flexibility index (Phi) is 5.64. The number of carbonyl (C=O) groups is 1. The molecule has 2 aromatic carbocycles. The van der Waals surface area contributed by atoms with Crippen molar-refractivity contribution >= 4 is 16.9 Å². The quantitative estimate of drug-likeness (QED) is 0.273. The zero-order valence-corrected chi connectivity index (χ0v) is 16.4. The van der Waals surface area contributed by atoms with E-state index in [4.69, 9.17) is 13.9 Å². The first-order valence-electron chi connectivity index (χ1n) is 8.95. The summed E-state index contributed by atoms with van der Waals surface area (Å²) in [6.45, 7) is 5.31. The summed E-state index contributed by atoms with van der Waals surface area (Å²) in [5, 5.41) is 0.765. The van der Waals surface area contributed by atoms with E-state index in [1.807, 2.05) is 44.2 Å². The predicted molar refractivity (Wildman–Crippen MR) is 109 cm³/mol. The summed E-state index contributed by atoms with van der Waals surface area (Å²) in [6.07, 6.45) is 2.48. The Morgan fingerprint density at radius 3 is 2.57 bits per heavy atom. The lowest BCUT2D eigenvalue weighted by atomic mass is 9.98. The van der Waals surface area contributed by atoms with Crippen molar-refractivity contribution in [3.63, 3.8) is 0 Å². The maximum Gasteiger partial charge on any atom is 0.336 e. The van der Waals surface area contributed by atoms with Gasteiger partial charge in [-0.25, -0.2) is 4.79 Å². The van der Waals surface area contributed by atoms with Gasteiger partial charge in [0.25, 0.3) is 0 Å². The first-order valence-corrected chi connectivity index (χ1v) is 8.95. The molecule has 0 aliphatic rings. The molecule has 0 aliphatic carbocycles. The number of carbonyl (C=O) groups excluding carboxylic acids is 1. The van der Waals surface area contributed by atoms with Crippen molar-refractivity contribution in [2.45, 2.75) is 27.2 Å². The van der Waals surface area contributed by atoms with Crippen LogP contribution in [0.25, 0.3) is 22.1 Å². The monoisotopic (exact) mass is 378 g/mol. The number of benzene rings is 2. The molecule has 0 amide bonds. The van der Waals surface area contributed by atoms with Gasteiger partial charge in [-0.3, -0.25) is 4.79 Å². The van der Waals surface area contributed by atoms with Crippen molar-refractivity contribution < 1.29 is 18.7 Å². The fourth-order valence-corrected chi connectivity index (χ4v) is 3.04. The third-order valence-corrected chi connectivity index (χ3v) is 4.32. The number of hydrogen-bond acceptors (Lipinski definition) is 5. The Morgan fingerprint density at radius 2 is 1.89 bits per heavy atom. The molecule has 5 nitrogen and oxygen atoms in total. The SMILES string of the molecule is COc1cccc(-c2cc(=O)oc3c(CC=C(C)C)c(OC(C)=O)ccc23)c1. The summed E-state index contributed by atoms with van der Waals surface area (Å²) in [6, 6.07) is 12.5. The fraction of sp³-hybridized carbons (Fsp3) is 0.217. The van der Waals surface area contributed by atoms with E-state index in [2.05, 4.69) is 0 Å². The molecule has 0 radical (unpaired) electrons. The number of ether oxygens (including phenoxy) is 2. The molecule has 0 atom stereocenters. The molecule has 5 heteroatoms. The van der Waals surface area contributed by atoms with Gasteiger partial charge in [-0.05, 0) is 55.7 Å². The van der Waals surface area contributed by atoms with Gasteiger partial charge in [0.15, 0.2) is 0 Å². The van der Waals surface area contributed by atoms with Crippen LogP contribution in [0.2, 0.25) is 0 Å². The van der Waals surface area contributed by atoms with E-state index >= 15 is 0 Å². The van der Waals surface area contributed by atoms with Crippen molar-refractivity contribution in [3.05, 3.63) is 70.1 Å². The summed E-state index contributed by atoms with van der Waals surface area (Å²) < 4.78 is 16.2. The highest BCUT2D eigenvalue weighted by molar-refractivity contribution is 5.96. The van der Waals surface area contributed by atoms with E-state index in [1.54, 1.807) is 19.2 Å². The summed E-state index contributed by atoms with van der Waals surface area (Å²) in [4.78, 5) is 23.9. The highest BCUT2D eigenvalue weighted by Gasteiger charge is 2.16. The van der Waals surface area contributed by atoms with E-state index in [9.17, 15) is 9.59 Å². The van der Waals surface area contributed by atoms with Crippen molar-refractivity contribution in [1.82, 2.24) is 0 Å². The van der Waals surface area contributed by atoms with Crippen LogP contribution in [0.4, 0.5) is 0 Å². The van der Waals surface area contributed by atoms with E-state index in [-0.39, 0.29) is 0 Å². The average molecular weight is 378 g/mol. The lowest BCUT2D eigenvalue weighted by Crippen LogP contribution is -2.06. The lowest BCUT2D eigenvalue weighted by Gasteiger charge is -2.13. The van der Waals surface area contributed by atoms with Crippen molar-refractivity contribution in [2.24, 2.45) is 0 Å². The molecule has 144 valence electrons. The lowest BCUT2D eigenvalue weighted by molar-refractivity contribution is -0.131. The largest absolute Gasteiger partial charge is 0.497 e. The summed E-state index contributed by atoms with van der Waals surface area (Å²) in [5.74, 6) is 0.660. The molecule has 0 unspecified atom stereocenters. The van der Waals surface area contributed by atoms with Gasteiger partial charge >= 0.3 is 11.6 Å². The first-order chi connectivity index (χ1) is 13.4. The molecule has 0 spiro atoms. The molecular weight excluding hydrogens is 356 g/mol. The second-order valence-corrected chi connectivity index (χ2v) is 6.71. The van der Waals surface area contributed by atoms with Gasteiger partial charge in [0.1, 0.15) is 17.1 Å². The summed E-state index contributed by atoms with van der Waals surface area (Å²) in [7, 11) is 1.60. The molecule has 0 N–H and O–H groups in total. The van der Waals surface area contributed by atoms with Crippen LogP contribution in [0, 0.1) is 0 Å². The minimum atomic E-state index is -0.469. The van der Waals surface area contributed by atoms with Crippen LogP contribution in [-0.4, -0.2) is 13.1 Å². The van der Waals surface area contributed by atoms with Crippen LogP contribution in [-0.2, 0) is 11.2 Å². The number of hydrogen-bond donors (Lipinski definition) is 0. The number of fused-ring (bicyclic) bond motifs is 1. The molecule has 0 saturated heterocycles. The van der Waals surface area contributed by atoms with E-state index in [1.165, 1.54) is 13.0 Å². The van der Waals surface area contributed by atoms with Crippen LogP contribution in [0.1, 0.15) is 26.3 Å². The molecule has 1 heterocycles. The Bertz CT molecular complexity index is 1120. The van der Waals surface area contributed by atoms with Gasteiger partial charge in [0, 0.05) is 23.9 Å². The molecule has 3 rings (SSSR count). The van der Waals surface area contributed by atoms with E-state index < -0.39 is 11.6 Å². The van der Waals surface area contributed by atoms with Crippen LogP contribution in [0.15, 0.2) is 63.3 Å². The van der Waals surface area contributed by atoms with Gasteiger partial charge < -0.3 is 13.9 Å². The molecule has 28 heavy (non-hydrogen) atoms. The van der Waals surface area contributed by atoms with Gasteiger partial charge in [-0.15, -0.1) is 0 Å². The molecule has 0 saturated carbocycles. The third-order valence-electron chi connectivity index (χ3n) is 4.32. The number of methoxy groups -OCH3 is 1. The van der Waals surface area contributed by atoms with Gasteiger partial charge in [-0.2, -0.15) is 0 Å². The Balaban J connectivity index is 2.30. The topological polar surface area (TPSA) is 65.7 Å². The summed E-state index contributed by atoms with van der Waals surface area (Å²) >= 11 is 0. The molecule has 0 fully saturated rings. The normalized spacial score (nSPS) is 10.6. The first kappa shape index (κ1) is 19.4. The second-order valence-electron chi connectivity index (χ2n) is 6.71. The van der Waals surface area contributed by atoms with E-state index in [0.29, 0.717) is 29.1 Å². The Hall–Kier alpha value is -3.34. The second kappa shape index (κ2) is 8.13.